The third-order valence-electron chi connectivity index (χ3n) is 5.22. The Bertz CT molecular complexity index is 1300. The summed E-state index contributed by atoms with van der Waals surface area (Å²) >= 11 is 0.218. The van der Waals surface area contributed by atoms with Gasteiger partial charge in [-0.2, -0.15) is 0 Å². The molecule has 2 unspecified atom stereocenters. The van der Waals surface area contributed by atoms with Crippen molar-refractivity contribution in [2.24, 2.45) is 0 Å². The molecule has 1 heterocycles. The molecule has 31 heavy (non-hydrogen) atoms. The molecule has 0 N–H and O–H groups in total. The summed E-state index contributed by atoms with van der Waals surface area (Å²) in [5, 5.41) is -4.06. The topological polar surface area (TPSA) is 39.1 Å². The molecular weight excluding hydrogens is 605 g/mol. The molecule has 0 aliphatic heterocycles. The Morgan fingerprint density at radius 3 is 2.39 bits per heavy atom. The van der Waals surface area contributed by atoms with E-state index in [2.05, 4.69) is 22.6 Å². The van der Waals surface area contributed by atoms with Gasteiger partial charge < -0.3 is 0 Å². The van der Waals surface area contributed by atoms with E-state index < -0.39 is 38.7 Å². The molecule has 3 aromatic rings. The third kappa shape index (κ3) is 4.13. The summed E-state index contributed by atoms with van der Waals surface area (Å²) in [6.07, 6.45) is 6.57. The minimum absolute atomic E-state index is 0.00592. The van der Waals surface area contributed by atoms with E-state index in [0.29, 0.717) is 5.39 Å². The van der Waals surface area contributed by atoms with Crippen LogP contribution in [0.3, 0.4) is 0 Å². The summed E-state index contributed by atoms with van der Waals surface area (Å²) in [7, 11) is -4.09. The summed E-state index contributed by atoms with van der Waals surface area (Å²) in [4.78, 5) is 0. The van der Waals surface area contributed by atoms with Gasteiger partial charge in [0.2, 0.25) is 0 Å². The molecule has 0 amide bonds. The van der Waals surface area contributed by atoms with Crippen molar-refractivity contribution in [2.75, 3.05) is 0 Å². The first-order chi connectivity index (χ1) is 14.5. The normalized spacial score (nSPS) is 22.0. The molecule has 0 fully saturated rings. The molecule has 2 aromatic carbocycles. The fourth-order valence-electron chi connectivity index (χ4n) is 3.58. The molecule has 9 heteroatoms. The molecule has 162 valence electrons. The van der Waals surface area contributed by atoms with E-state index in [1.165, 1.54) is 0 Å². The standard InChI is InChI=1S/C22H17F3INO2SSe/c1-21(13-16(11-12-20(21)26)15-7-3-2-4-8-15)30(28,29)27-14-19(31-22(23,24)25)17-9-5-6-10-18(17)27/h2-14,20H,1H3. The zero-order chi connectivity index (χ0) is 22.4. The molecule has 0 saturated carbocycles. The second-order valence-electron chi connectivity index (χ2n) is 7.27. The van der Waals surface area contributed by atoms with Gasteiger partial charge in [0.05, 0.1) is 0 Å². The van der Waals surface area contributed by atoms with Crippen LogP contribution in [0.25, 0.3) is 16.5 Å². The number of nitrogens with zero attached hydrogens (tertiary/aromatic N) is 1. The number of aromatic nitrogens is 1. The van der Waals surface area contributed by atoms with Crippen molar-refractivity contribution in [3.05, 3.63) is 84.6 Å². The second-order valence-corrected chi connectivity index (χ2v) is 13.2. The fraction of sp³-hybridized carbons (Fsp3) is 0.182. The number of fused-ring (bicyclic) bond motifs is 1. The number of benzene rings is 2. The Labute approximate surface area is 198 Å². The van der Waals surface area contributed by atoms with E-state index in [1.807, 2.05) is 42.5 Å². The van der Waals surface area contributed by atoms with Crippen LogP contribution >= 0.6 is 22.6 Å². The summed E-state index contributed by atoms with van der Waals surface area (Å²) in [6.45, 7) is 1.62. The average molecular weight is 622 g/mol. The number of hydrogen-bond acceptors (Lipinski definition) is 2. The Kier molecular flexibility index (Phi) is 5.91. The van der Waals surface area contributed by atoms with Crippen molar-refractivity contribution in [1.29, 1.82) is 0 Å². The Morgan fingerprint density at radius 2 is 1.71 bits per heavy atom. The first-order valence-corrected chi connectivity index (χ1v) is 13.6. The van der Waals surface area contributed by atoms with Crippen LogP contribution in [0, 0.1) is 0 Å². The summed E-state index contributed by atoms with van der Waals surface area (Å²) in [5.74, 6) is 0. The molecular formula is C22H17F3INO2SSe. The number of rotatable bonds is 4. The molecule has 4 rings (SSSR count). The van der Waals surface area contributed by atoms with Crippen LogP contribution < -0.4 is 4.46 Å². The van der Waals surface area contributed by atoms with Gasteiger partial charge in [0.25, 0.3) is 0 Å². The van der Waals surface area contributed by atoms with Gasteiger partial charge in [0.1, 0.15) is 0 Å². The van der Waals surface area contributed by atoms with Crippen molar-refractivity contribution >= 4 is 68.5 Å². The van der Waals surface area contributed by atoms with Gasteiger partial charge in [0, 0.05) is 0 Å². The van der Waals surface area contributed by atoms with Gasteiger partial charge in [-0.1, -0.05) is 0 Å². The quantitative estimate of drug-likeness (QED) is 0.237. The van der Waals surface area contributed by atoms with Gasteiger partial charge >= 0.3 is 199 Å². The van der Waals surface area contributed by atoms with Crippen molar-refractivity contribution in [3.63, 3.8) is 0 Å². The van der Waals surface area contributed by atoms with Gasteiger partial charge in [-0.3, -0.25) is 0 Å². The van der Waals surface area contributed by atoms with Crippen LogP contribution in [-0.4, -0.2) is 41.1 Å². The van der Waals surface area contributed by atoms with Gasteiger partial charge in [-0.15, -0.1) is 0 Å². The first-order valence-electron chi connectivity index (χ1n) is 9.24. The predicted molar refractivity (Wildman–Crippen MR) is 127 cm³/mol. The Morgan fingerprint density at radius 1 is 1.06 bits per heavy atom. The summed E-state index contributed by atoms with van der Waals surface area (Å²) in [5.41, 5.74) is 1.90. The SMILES string of the molecule is CC1(S(=O)(=O)n2cc([Se]C(F)(F)F)c3ccccc32)C=C(c2ccccc2)C=CC1I. The zero-order valence-electron chi connectivity index (χ0n) is 16.2. The summed E-state index contributed by atoms with van der Waals surface area (Å²) in [6, 6.07) is 15.8. The maximum absolute atomic E-state index is 13.9. The summed E-state index contributed by atoms with van der Waals surface area (Å²) < 4.78 is 66.5. The molecule has 1 aliphatic carbocycles. The van der Waals surface area contributed by atoms with Crippen molar-refractivity contribution in [2.45, 2.75) is 20.7 Å². The van der Waals surface area contributed by atoms with E-state index in [9.17, 15) is 21.6 Å². The van der Waals surface area contributed by atoms with E-state index in [1.54, 1.807) is 37.3 Å². The van der Waals surface area contributed by atoms with Crippen LogP contribution in [-0.2, 0) is 10.0 Å². The molecule has 0 saturated heterocycles. The van der Waals surface area contributed by atoms with E-state index in [0.717, 1.165) is 21.3 Å². The maximum atomic E-state index is 13.9. The van der Waals surface area contributed by atoms with Gasteiger partial charge in [-0.05, 0) is 0 Å². The molecule has 2 atom stereocenters. The molecule has 0 radical (unpaired) electrons. The Balaban J connectivity index is 1.89. The molecule has 1 aliphatic rings. The van der Waals surface area contributed by atoms with Crippen LogP contribution in [0.5, 0.6) is 0 Å². The van der Waals surface area contributed by atoms with Gasteiger partial charge in [0.15, 0.2) is 0 Å². The van der Waals surface area contributed by atoms with Crippen LogP contribution in [0.2, 0.25) is 0 Å². The zero-order valence-corrected chi connectivity index (χ0v) is 20.9. The van der Waals surface area contributed by atoms with Crippen molar-refractivity contribution < 1.29 is 21.6 Å². The van der Waals surface area contributed by atoms with E-state index in [-0.39, 0.29) is 9.98 Å². The Hall–Kier alpha value is -1.55. The van der Waals surface area contributed by atoms with Crippen LogP contribution in [0.1, 0.15) is 12.5 Å². The number of allylic oxidation sites excluding steroid dienone is 3. The minimum atomic E-state index is -4.38. The third-order valence-corrected chi connectivity index (χ3v) is 11.3. The van der Waals surface area contributed by atoms with Crippen molar-refractivity contribution in [1.82, 2.24) is 3.97 Å². The second kappa shape index (κ2) is 8.10. The molecule has 3 nitrogen and oxygen atoms in total. The number of halogens is 4. The van der Waals surface area contributed by atoms with Crippen molar-refractivity contribution in [3.8, 4) is 0 Å². The molecule has 0 spiro atoms. The number of hydrogen-bond donors (Lipinski definition) is 0. The molecule has 0 bridgehead atoms. The average Bonchev–Trinajstić information content (AvgIpc) is 3.08. The number of para-hydroxylation sites is 1. The van der Waals surface area contributed by atoms with Crippen LogP contribution in [0.4, 0.5) is 13.2 Å². The fourth-order valence-corrected chi connectivity index (χ4v) is 8.25. The van der Waals surface area contributed by atoms with Gasteiger partial charge in [-0.25, -0.2) is 0 Å². The predicted octanol–water partition coefficient (Wildman–Crippen LogP) is 4.88. The van der Waals surface area contributed by atoms with E-state index in [4.69, 9.17) is 0 Å². The van der Waals surface area contributed by atoms with E-state index >= 15 is 0 Å². The van der Waals surface area contributed by atoms with Crippen LogP contribution in [0.15, 0.2) is 79.0 Å². The molecule has 1 aromatic heterocycles. The first kappa shape index (κ1) is 22.6. The number of alkyl halides is 4. The monoisotopic (exact) mass is 623 g/mol.